The van der Waals surface area contributed by atoms with Gasteiger partial charge in [-0.1, -0.05) is 31.0 Å². The fourth-order valence-electron chi connectivity index (χ4n) is 3.01. The molecule has 3 aromatic rings. The largest absolute Gasteiger partial charge is 0.484 e. The second-order valence-electron chi connectivity index (χ2n) is 6.61. The summed E-state index contributed by atoms with van der Waals surface area (Å²) in [5.74, 6) is -0.187. The Labute approximate surface area is 172 Å². The minimum Gasteiger partial charge on any atom is -0.484 e. The van der Waals surface area contributed by atoms with Crippen molar-refractivity contribution < 1.29 is 18.3 Å². The number of carbonyl (C=O) groups is 1. The summed E-state index contributed by atoms with van der Waals surface area (Å²) in [7, 11) is 0. The summed E-state index contributed by atoms with van der Waals surface area (Å²) >= 11 is 6.12. The number of unbranched alkanes of at least 4 members (excludes halogenated alkanes) is 1. The molecule has 0 aliphatic heterocycles. The lowest BCUT2D eigenvalue weighted by Gasteiger charge is -2.11. The zero-order chi connectivity index (χ0) is 21.0. The Bertz CT molecular complexity index is 1090. The quantitative estimate of drug-likeness (QED) is 0.557. The van der Waals surface area contributed by atoms with E-state index in [0.717, 1.165) is 12.8 Å². The van der Waals surface area contributed by atoms with Crippen molar-refractivity contribution >= 4 is 28.5 Å². The zero-order valence-corrected chi connectivity index (χ0v) is 16.9. The van der Waals surface area contributed by atoms with Crippen LogP contribution in [0, 0.1) is 12.7 Å². The fraction of sp³-hybridized carbons (Fsp3) is 0.273. The van der Waals surface area contributed by atoms with Crippen molar-refractivity contribution in [1.29, 1.82) is 0 Å². The molecule has 0 bridgehead atoms. The molecule has 1 amide bonds. The Morgan fingerprint density at radius 1 is 1.24 bits per heavy atom. The van der Waals surface area contributed by atoms with Crippen LogP contribution in [0.15, 0.2) is 45.6 Å². The van der Waals surface area contributed by atoms with Gasteiger partial charge in [0.25, 0.3) is 5.91 Å². The van der Waals surface area contributed by atoms with E-state index in [-0.39, 0.29) is 50.8 Å². The highest BCUT2D eigenvalue weighted by molar-refractivity contribution is 6.33. The van der Waals surface area contributed by atoms with Crippen LogP contribution in [0.3, 0.4) is 0 Å². The van der Waals surface area contributed by atoms with Gasteiger partial charge in [-0.15, -0.1) is 0 Å². The van der Waals surface area contributed by atoms with Crippen molar-refractivity contribution in [3.05, 3.63) is 63.2 Å². The van der Waals surface area contributed by atoms with Crippen LogP contribution < -0.4 is 15.5 Å². The van der Waals surface area contributed by atoms with Gasteiger partial charge >= 0.3 is 0 Å². The first-order valence-corrected chi connectivity index (χ1v) is 9.71. The van der Waals surface area contributed by atoms with E-state index >= 15 is 0 Å². The molecule has 0 aliphatic carbocycles. The van der Waals surface area contributed by atoms with Gasteiger partial charge in [0.05, 0.1) is 16.0 Å². The molecule has 1 aromatic heterocycles. The lowest BCUT2D eigenvalue weighted by Crippen LogP contribution is -2.29. The average Bonchev–Trinajstić information content (AvgIpc) is 2.68. The summed E-state index contributed by atoms with van der Waals surface area (Å²) in [5, 5.41) is 3.16. The summed E-state index contributed by atoms with van der Waals surface area (Å²) in [6, 6.07) is 8.87. The second-order valence-corrected chi connectivity index (χ2v) is 7.02. The molecular formula is C22H21ClFNO4. The monoisotopic (exact) mass is 417 g/mol. The number of ether oxygens (including phenoxy) is 1. The van der Waals surface area contributed by atoms with Crippen molar-refractivity contribution in [2.75, 3.05) is 13.2 Å². The number of hydrogen-bond donors (Lipinski definition) is 1. The lowest BCUT2D eigenvalue weighted by atomic mass is 10.0. The molecular weight excluding hydrogens is 397 g/mol. The number of nitrogens with one attached hydrogen (secondary N) is 1. The third kappa shape index (κ3) is 4.59. The third-order valence-corrected chi connectivity index (χ3v) is 4.79. The molecule has 5 nitrogen and oxygen atoms in total. The first-order valence-electron chi connectivity index (χ1n) is 9.33. The molecule has 0 radical (unpaired) electrons. The van der Waals surface area contributed by atoms with Crippen LogP contribution in [-0.2, 0) is 4.79 Å². The Morgan fingerprint density at radius 3 is 2.76 bits per heavy atom. The zero-order valence-electron chi connectivity index (χ0n) is 16.2. The number of hydrogen-bond acceptors (Lipinski definition) is 4. The molecule has 0 aliphatic rings. The molecule has 152 valence electrons. The molecule has 0 saturated carbocycles. The Morgan fingerprint density at radius 2 is 2.03 bits per heavy atom. The van der Waals surface area contributed by atoms with Gasteiger partial charge in [-0.25, -0.2) is 4.39 Å². The molecule has 2 aromatic carbocycles. The van der Waals surface area contributed by atoms with Gasteiger partial charge in [0.2, 0.25) is 5.43 Å². The van der Waals surface area contributed by atoms with Gasteiger partial charge < -0.3 is 14.5 Å². The highest BCUT2D eigenvalue weighted by Gasteiger charge is 2.19. The SMILES string of the molecule is CCCCNC(=O)COc1ccc2c(=O)c(-c3c(F)cccc3Cl)c(C)oc2c1. The number of amides is 1. The normalized spacial score (nSPS) is 10.9. The first kappa shape index (κ1) is 20.9. The molecule has 0 fully saturated rings. The number of halogens is 2. The van der Waals surface area contributed by atoms with E-state index in [4.69, 9.17) is 20.8 Å². The predicted octanol–water partition coefficient (Wildman–Crippen LogP) is 4.86. The molecule has 1 N–H and O–H groups in total. The number of carbonyl (C=O) groups excluding carboxylic acids is 1. The molecule has 7 heteroatoms. The maximum absolute atomic E-state index is 14.3. The van der Waals surface area contributed by atoms with Crippen LogP contribution >= 0.6 is 11.6 Å². The predicted molar refractivity (Wildman–Crippen MR) is 111 cm³/mol. The van der Waals surface area contributed by atoms with Crippen molar-refractivity contribution in [3.63, 3.8) is 0 Å². The molecule has 0 unspecified atom stereocenters. The van der Waals surface area contributed by atoms with Crippen molar-refractivity contribution in [2.45, 2.75) is 26.7 Å². The highest BCUT2D eigenvalue weighted by atomic mass is 35.5. The molecule has 29 heavy (non-hydrogen) atoms. The Kier molecular flexibility index (Phi) is 6.54. The smallest absolute Gasteiger partial charge is 0.257 e. The standard InChI is InChI=1S/C22H21ClFNO4/c1-3-4-10-25-19(26)12-28-14-8-9-15-18(11-14)29-13(2)20(22(15)27)21-16(23)6-5-7-17(21)24/h5-9,11H,3-4,10,12H2,1-2H3,(H,25,26). The van der Waals surface area contributed by atoms with Crippen molar-refractivity contribution in [2.24, 2.45) is 0 Å². The molecule has 0 saturated heterocycles. The van der Waals surface area contributed by atoms with Gasteiger partial charge in [0.15, 0.2) is 6.61 Å². The minimum atomic E-state index is -0.596. The van der Waals surface area contributed by atoms with Gasteiger partial charge in [-0.05, 0) is 37.6 Å². The number of aryl methyl sites for hydroxylation is 1. The summed E-state index contributed by atoms with van der Waals surface area (Å²) in [5.41, 5.74) is 0.00294. The van der Waals surface area contributed by atoms with E-state index in [1.54, 1.807) is 13.0 Å². The topological polar surface area (TPSA) is 68.5 Å². The van der Waals surface area contributed by atoms with Crippen LogP contribution in [0.25, 0.3) is 22.1 Å². The van der Waals surface area contributed by atoms with Crippen LogP contribution in [0.1, 0.15) is 25.5 Å². The lowest BCUT2D eigenvalue weighted by molar-refractivity contribution is -0.123. The number of benzene rings is 2. The number of rotatable bonds is 7. The fourth-order valence-corrected chi connectivity index (χ4v) is 3.26. The van der Waals surface area contributed by atoms with Crippen LogP contribution in [0.2, 0.25) is 5.02 Å². The van der Waals surface area contributed by atoms with Crippen molar-refractivity contribution in [1.82, 2.24) is 5.32 Å². The highest BCUT2D eigenvalue weighted by Crippen LogP contribution is 2.32. The van der Waals surface area contributed by atoms with Crippen LogP contribution in [-0.4, -0.2) is 19.1 Å². The first-order chi connectivity index (χ1) is 13.9. The summed E-state index contributed by atoms with van der Waals surface area (Å²) in [6.07, 6.45) is 1.89. The van der Waals surface area contributed by atoms with Crippen LogP contribution in [0.5, 0.6) is 5.75 Å². The molecule has 0 atom stereocenters. The van der Waals surface area contributed by atoms with E-state index in [1.165, 1.54) is 30.3 Å². The molecule has 1 heterocycles. The Balaban J connectivity index is 1.90. The van der Waals surface area contributed by atoms with Crippen molar-refractivity contribution in [3.8, 4) is 16.9 Å². The molecule has 0 spiro atoms. The van der Waals surface area contributed by atoms with E-state index in [2.05, 4.69) is 5.32 Å². The maximum Gasteiger partial charge on any atom is 0.257 e. The van der Waals surface area contributed by atoms with E-state index < -0.39 is 5.82 Å². The summed E-state index contributed by atoms with van der Waals surface area (Å²) in [6.45, 7) is 4.08. The van der Waals surface area contributed by atoms with Gasteiger partial charge in [0, 0.05) is 18.2 Å². The van der Waals surface area contributed by atoms with Gasteiger partial charge in [-0.3, -0.25) is 9.59 Å². The summed E-state index contributed by atoms with van der Waals surface area (Å²) < 4.78 is 25.6. The van der Waals surface area contributed by atoms with E-state index in [1.807, 2.05) is 6.92 Å². The van der Waals surface area contributed by atoms with Gasteiger partial charge in [-0.2, -0.15) is 0 Å². The summed E-state index contributed by atoms with van der Waals surface area (Å²) in [4.78, 5) is 24.8. The minimum absolute atomic E-state index is 0.0198. The van der Waals surface area contributed by atoms with E-state index in [0.29, 0.717) is 12.3 Å². The number of fused-ring (bicyclic) bond motifs is 1. The third-order valence-electron chi connectivity index (χ3n) is 4.48. The Hall–Kier alpha value is -2.86. The molecule has 3 rings (SSSR count). The van der Waals surface area contributed by atoms with E-state index in [9.17, 15) is 14.0 Å². The second kappa shape index (κ2) is 9.09. The van der Waals surface area contributed by atoms with Gasteiger partial charge in [0.1, 0.15) is 22.9 Å². The average molecular weight is 418 g/mol. The van der Waals surface area contributed by atoms with Crippen LogP contribution in [0.4, 0.5) is 4.39 Å². The maximum atomic E-state index is 14.3.